The minimum atomic E-state index is -4.76. The monoisotopic (exact) mass is 522 g/mol. The molecule has 0 unspecified atom stereocenters. The molecule has 2 rings (SSSR count). The van der Waals surface area contributed by atoms with Crippen LogP contribution in [0.3, 0.4) is 0 Å². The lowest BCUT2D eigenvalue weighted by Gasteiger charge is -2.29. The lowest BCUT2D eigenvalue weighted by molar-refractivity contribution is -0.274. The number of hydrogen-bond donors (Lipinski definition) is 2. The zero-order chi connectivity index (χ0) is 19.4. The fraction of sp³-hybridized carbons (Fsp3) is 0.533. The summed E-state index contributed by atoms with van der Waals surface area (Å²) in [6.45, 7) is 1.31. The number of nitrogens with zero attached hydrogens (tertiary/aromatic N) is 2. The average molecular weight is 522 g/mol. The van der Waals surface area contributed by atoms with Gasteiger partial charge in [-0.15, -0.1) is 37.1 Å². The van der Waals surface area contributed by atoms with E-state index >= 15 is 0 Å². The van der Waals surface area contributed by atoms with Crippen LogP contribution in [0.2, 0.25) is 0 Å². The number of alkyl halides is 3. The molecule has 0 saturated carbocycles. The van der Waals surface area contributed by atoms with Gasteiger partial charge in [-0.3, -0.25) is 4.99 Å². The minimum Gasteiger partial charge on any atom is -0.406 e. The molecule has 1 aromatic rings. The molecule has 1 heterocycles. The van der Waals surface area contributed by atoms with Crippen molar-refractivity contribution < 1.29 is 26.3 Å². The van der Waals surface area contributed by atoms with Gasteiger partial charge in [-0.05, 0) is 30.9 Å². The van der Waals surface area contributed by atoms with E-state index < -0.39 is 16.4 Å². The lowest BCUT2D eigenvalue weighted by Crippen LogP contribution is -2.38. The molecule has 7 nitrogen and oxygen atoms in total. The normalized spacial score (nSPS) is 17.3. The SMILES string of the molecule is CS(=O)(=O)N1CCC(CN=C(N)Nc2cccc(OC(F)(F)F)c2)CC1.I. The van der Waals surface area contributed by atoms with Crippen molar-refractivity contribution in [1.82, 2.24) is 4.31 Å². The molecule has 0 amide bonds. The Morgan fingerprint density at radius 2 is 2.00 bits per heavy atom. The van der Waals surface area contributed by atoms with Crippen LogP contribution in [0.4, 0.5) is 18.9 Å². The van der Waals surface area contributed by atoms with Crippen LogP contribution in [0.1, 0.15) is 12.8 Å². The third kappa shape index (κ3) is 8.51. The van der Waals surface area contributed by atoms with Crippen molar-refractivity contribution in [2.75, 3.05) is 31.2 Å². The predicted octanol–water partition coefficient (Wildman–Crippen LogP) is 2.60. The third-order valence-electron chi connectivity index (χ3n) is 3.90. The summed E-state index contributed by atoms with van der Waals surface area (Å²) >= 11 is 0. The standard InChI is InChI=1S/C15H21F3N4O3S.HI/c1-26(23,24)22-7-5-11(6-8-22)10-20-14(19)21-12-3-2-4-13(9-12)25-15(16,17)18;/h2-4,9,11H,5-8,10H2,1H3,(H3,19,20,21);1H. The first-order valence-corrected chi connectivity index (χ1v) is 9.75. The summed E-state index contributed by atoms with van der Waals surface area (Å²) < 4.78 is 64.9. The van der Waals surface area contributed by atoms with E-state index in [0.29, 0.717) is 38.2 Å². The van der Waals surface area contributed by atoms with Crippen LogP contribution in [0.15, 0.2) is 29.3 Å². The molecule has 0 aromatic heterocycles. The van der Waals surface area contributed by atoms with Crippen molar-refractivity contribution in [2.24, 2.45) is 16.6 Å². The molecule has 0 atom stereocenters. The topological polar surface area (TPSA) is 97.0 Å². The van der Waals surface area contributed by atoms with Gasteiger partial charge in [0.15, 0.2) is 5.96 Å². The number of guanidine groups is 1. The Hall–Kier alpha value is -1.28. The molecule has 1 aliphatic rings. The van der Waals surface area contributed by atoms with Gasteiger partial charge < -0.3 is 15.8 Å². The van der Waals surface area contributed by atoms with Crippen LogP contribution >= 0.6 is 24.0 Å². The number of hydrogen-bond acceptors (Lipinski definition) is 4. The summed E-state index contributed by atoms with van der Waals surface area (Å²) in [6, 6.07) is 5.29. The Kier molecular flexibility index (Phi) is 8.60. The summed E-state index contributed by atoms with van der Waals surface area (Å²) in [5, 5.41) is 2.71. The molecule has 0 bridgehead atoms. The molecule has 1 fully saturated rings. The smallest absolute Gasteiger partial charge is 0.406 e. The Labute approximate surface area is 173 Å². The molecular formula is C15H22F3IN4O3S. The summed E-state index contributed by atoms with van der Waals surface area (Å²) in [5.74, 6) is -0.0867. The van der Waals surface area contributed by atoms with Gasteiger partial charge >= 0.3 is 6.36 Å². The number of sulfonamides is 1. The van der Waals surface area contributed by atoms with Crippen molar-refractivity contribution in [1.29, 1.82) is 0 Å². The van der Waals surface area contributed by atoms with Gasteiger partial charge in [0.05, 0.1) is 6.26 Å². The number of halogens is 4. The number of nitrogens with two attached hydrogens (primary N) is 1. The average Bonchev–Trinajstić information content (AvgIpc) is 2.51. The maximum atomic E-state index is 12.2. The van der Waals surface area contributed by atoms with E-state index in [1.54, 1.807) is 0 Å². The Balaban J connectivity index is 0.00000364. The Bertz CT molecular complexity index is 751. The maximum absolute atomic E-state index is 12.2. The quantitative estimate of drug-likeness (QED) is 0.352. The Morgan fingerprint density at radius 1 is 1.37 bits per heavy atom. The molecule has 1 aliphatic heterocycles. The summed E-state index contributed by atoms with van der Waals surface area (Å²) in [7, 11) is -3.17. The van der Waals surface area contributed by atoms with Gasteiger partial charge in [0.2, 0.25) is 10.0 Å². The molecule has 3 N–H and O–H groups in total. The van der Waals surface area contributed by atoms with Gasteiger partial charge in [-0.1, -0.05) is 6.07 Å². The van der Waals surface area contributed by atoms with Gasteiger partial charge in [-0.25, -0.2) is 12.7 Å². The van der Waals surface area contributed by atoms with E-state index in [4.69, 9.17) is 5.73 Å². The molecule has 0 radical (unpaired) electrons. The van der Waals surface area contributed by atoms with Crippen molar-refractivity contribution in [3.05, 3.63) is 24.3 Å². The van der Waals surface area contributed by atoms with Gasteiger partial charge in [-0.2, -0.15) is 0 Å². The van der Waals surface area contributed by atoms with E-state index in [-0.39, 0.29) is 41.6 Å². The second-order valence-corrected chi connectivity index (χ2v) is 8.01. The van der Waals surface area contributed by atoms with Crippen LogP contribution in [0, 0.1) is 5.92 Å². The summed E-state index contributed by atoms with van der Waals surface area (Å²) in [4.78, 5) is 4.19. The highest BCUT2D eigenvalue weighted by Gasteiger charge is 2.31. The molecular weight excluding hydrogens is 500 g/mol. The van der Waals surface area contributed by atoms with Crippen molar-refractivity contribution in [2.45, 2.75) is 19.2 Å². The number of piperidine rings is 1. The van der Waals surface area contributed by atoms with Crippen LogP contribution in [0.25, 0.3) is 0 Å². The number of rotatable bonds is 5. The van der Waals surface area contributed by atoms with Crippen LogP contribution in [-0.2, 0) is 10.0 Å². The van der Waals surface area contributed by atoms with E-state index in [1.807, 2.05) is 0 Å². The fourth-order valence-corrected chi connectivity index (χ4v) is 3.48. The highest BCUT2D eigenvalue weighted by molar-refractivity contribution is 14.0. The van der Waals surface area contributed by atoms with E-state index in [9.17, 15) is 21.6 Å². The number of aliphatic imine (C=N–C) groups is 1. The molecule has 1 saturated heterocycles. The zero-order valence-corrected chi connectivity index (χ0v) is 17.7. The fourth-order valence-electron chi connectivity index (χ4n) is 2.61. The van der Waals surface area contributed by atoms with Crippen LogP contribution < -0.4 is 15.8 Å². The van der Waals surface area contributed by atoms with Crippen molar-refractivity contribution >= 4 is 45.6 Å². The van der Waals surface area contributed by atoms with E-state index in [0.717, 1.165) is 0 Å². The second kappa shape index (κ2) is 9.78. The first kappa shape index (κ1) is 23.8. The van der Waals surface area contributed by atoms with Crippen LogP contribution in [-0.4, -0.2) is 50.9 Å². The highest BCUT2D eigenvalue weighted by atomic mass is 127. The van der Waals surface area contributed by atoms with Crippen molar-refractivity contribution in [3.63, 3.8) is 0 Å². The second-order valence-electron chi connectivity index (χ2n) is 6.03. The van der Waals surface area contributed by atoms with E-state index in [2.05, 4.69) is 15.0 Å². The first-order chi connectivity index (χ1) is 12.0. The van der Waals surface area contributed by atoms with E-state index in [1.165, 1.54) is 34.8 Å². The zero-order valence-electron chi connectivity index (χ0n) is 14.6. The van der Waals surface area contributed by atoms with Gasteiger partial charge in [0, 0.05) is 31.4 Å². The summed E-state index contributed by atoms with van der Waals surface area (Å²) in [5.41, 5.74) is 6.09. The number of anilines is 1. The third-order valence-corrected chi connectivity index (χ3v) is 5.21. The predicted molar refractivity (Wildman–Crippen MR) is 108 cm³/mol. The largest absolute Gasteiger partial charge is 0.573 e. The molecule has 27 heavy (non-hydrogen) atoms. The number of benzene rings is 1. The van der Waals surface area contributed by atoms with Crippen molar-refractivity contribution in [3.8, 4) is 5.75 Å². The molecule has 12 heteroatoms. The molecule has 0 spiro atoms. The molecule has 1 aromatic carbocycles. The minimum absolute atomic E-state index is 0. The highest BCUT2D eigenvalue weighted by Crippen LogP contribution is 2.25. The van der Waals surface area contributed by atoms with Gasteiger partial charge in [0.25, 0.3) is 0 Å². The van der Waals surface area contributed by atoms with Crippen LogP contribution in [0.5, 0.6) is 5.75 Å². The Morgan fingerprint density at radius 3 is 2.56 bits per heavy atom. The molecule has 0 aliphatic carbocycles. The summed E-state index contributed by atoms with van der Waals surface area (Å²) in [6.07, 6.45) is -2.22. The lowest BCUT2D eigenvalue weighted by atomic mass is 9.98. The first-order valence-electron chi connectivity index (χ1n) is 7.91. The van der Waals surface area contributed by atoms with Gasteiger partial charge in [0.1, 0.15) is 5.75 Å². The molecule has 154 valence electrons. The number of nitrogens with one attached hydrogen (secondary N) is 1. The maximum Gasteiger partial charge on any atom is 0.573 e. The number of ether oxygens (including phenoxy) is 1.